The van der Waals surface area contributed by atoms with Crippen LogP contribution >= 0.6 is 15.9 Å². The average molecular weight is 442 g/mol. The lowest BCUT2D eigenvalue weighted by molar-refractivity contribution is 0.0559. The second-order valence-corrected chi connectivity index (χ2v) is 8.26. The fourth-order valence-electron chi connectivity index (χ4n) is 3.26. The molecule has 1 unspecified atom stereocenters. The average Bonchev–Trinajstić information content (AvgIpc) is 2.57. The molecule has 0 bridgehead atoms. The molecule has 0 aliphatic carbocycles. The van der Waals surface area contributed by atoms with Crippen LogP contribution < -0.4 is 4.90 Å². The van der Waals surface area contributed by atoms with Crippen LogP contribution in [0.4, 0.5) is 23.7 Å². The molecule has 1 heterocycles. The summed E-state index contributed by atoms with van der Waals surface area (Å²) in [5.41, 5.74) is -0.270. The Bertz CT molecular complexity index is 896. The van der Waals surface area contributed by atoms with E-state index >= 15 is 0 Å². The summed E-state index contributed by atoms with van der Waals surface area (Å²) in [7, 11) is 0. The van der Waals surface area contributed by atoms with Crippen molar-refractivity contribution in [2.75, 3.05) is 4.90 Å². The maximum absolute atomic E-state index is 14.4. The van der Waals surface area contributed by atoms with Crippen LogP contribution in [0.15, 0.2) is 34.8 Å². The van der Waals surface area contributed by atoms with Crippen molar-refractivity contribution in [3.63, 3.8) is 0 Å². The number of anilines is 1. The second-order valence-electron chi connectivity index (χ2n) is 7.41. The lowest BCUT2D eigenvalue weighted by atomic mass is 9.91. The molecule has 0 fully saturated rings. The van der Waals surface area contributed by atoms with Crippen molar-refractivity contribution in [3.05, 3.63) is 63.4 Å². The number of ether oxygens (including phenoxy) is 1. The normalized spacial score (nSPS) is 16.9. The molecular weight excluding hydrogens is 423 g/mol. The summed E-state index contributed by atoms with van der Waals surface area (Å²) < 4.78 is 48.4. The van der Waals surface area contributed by atoms with Crippen LogP contribution in [0.2, 0.25) is 0 Å². The molecule has 1 amide bonds. The Morgan fingerprint density at radius 3 is 2.48 bits per heavy atom. The van der Waals surface area contributed by atoms with E-state index < -0.39 is 35.2 Å². The van der Waals surface area contributed by atoms with Gasteiger partial charge in [-0.1, -0.05) is 18.2 Å². The Morgan fingerprint density at radius 2 is 1.85 bits per heavy atom. The quantitative estimate of drug-likeness (QED) is 0.486. The smallest absolute Gasteiger partial charge is 0.415 e. The van der Waals surface area contributed by atoms with E-state index in [1.165, 1.54) is 11.0 Å². The van der Waals surface area contributed by atoms with Gasteiger partial charge in [0, 0.05) is 15.6 Å². The number of amides is 1. The van der Waals surface area contributed by atoms with Crippen LogP contribution in [0, 0.1) is 17.5 Å². The lowest BCUT2D eigenvalue weighted by Crippen LogP contribution is -2.42. The van der Waals surface area contributed by atoms with Gasteiger partial charge in [0.25, 0.3) is 0 Å². The third-order valence-electron chi connectivity index (χ3n) is 4.31. The summed E-state index contributed by atoms with van der Waals surface area (Å²) >= 11 is 3.22. The highest BCUT2D eigenvalue weighted by Gasteiger charge is 2.39. The first-order valence-corrected chi connectivity index (χ1v) is 9.32. The molecule has 1 aliphatic heterocycles. The Morgan fingerprint density at radius 1 is 1.19 bits per heavy atom. The molecule has 1 atom stereocenters. The molecule has 3 rings (SSSR count). The number of fused-ring (bicyclic) bond motifs is 1. The van der Waals surface area contributed by atoms with E-state index in [0.717, 1.165) is 6.07 Å². The first-order chi connectivity index (χ1) is 12.6. The monoisotopic (exact) mass is 441 g/mol. The van der Waals surface area contributed by atoms with E-state index in [-0.39, 0.29) is 28.6 Å². The summed E-state index contributed by atoms with van der Waals surface area (Å²) in [6.45, 7) is 5.11. The van der Waals surface area contributed by atoms with Crippen LogP contribution in [0.25, 0.3) is 0 Å². The maximum Gasteiger partial charge on any atom is 0.415 e. The second kappa shape index (κ2) is 7.19. The van der Waals surface area contributed by atoms with Crippen LogP contribution in [-0.4, -0.2) is 11.7 Å². The largest absolute Gasteiger partial charge is 0.443 e. The van der Waals surface area contributed by atoms with Gasteiger partial charge in [0.1, 0.15) is 11.4 Å². The van der Waals surface area contributed by atoms with E-state index in [0.29, 0.717) is 5.56 Å². The van der Waals surface area contributed by atoms with Crippen molar-refractivity contribution in [1.82, 2.24) is 0 Å². The van der Waals surface area contributed by atoms with Crippen molar-refractivity contribution in [1.29, 1.82) is 0 Å². The first-order valence-electron chi connectivity index (χ1n) is 8.53. The van der Waals surface area contributed by atoms with Gasteiger partial charge < -0.3 is 4.74 Å². The van der Waals surface area contributed by atoms with Crippen molar-refractivity contribution in [3.8, 4) is 0 Å². The van der Waals surface area contributed by atoms with Crippen LogP contribution in [-0.2, 0) is 11.2 Å². The minimum Gasteiger partial charge on any atom is -0.443 e. The van der Waals surface area contributed by atoms with E-state index in [2.05, 4.69) is 15.9 Å². The zero-order valence-electron chi connectivity index (χ0n) is 15.2. The molecule has 0 spiro atoms. The van der Waals surface area contributed by atoms with Gasteiger partial charge in [-0.2, -0.15) is 0 Å². The first kappa shape index (κ1) is 19.7. The highest BCUT2D eigenvalue weighted by Crippen LogP contribution is 2.45. The van der Waals surface area contributed by atoms with Crippen LogP contribution in [0.5, 0.6) is 0 Å². The van der Waals surface area contributed by atoms with E-state index in [4.69, 9.17) is 4.74 Å². The van der Waals surface area contributed by atoms with Gasteiger partial charge in [-0.3, -0.25) is 4.90 Å². The molecule has 7 heteroatoms. The molecule has 0 N–H and O–H groups in total. The molecule has 144 valence electrons. The van der Waals surface area contributed by atoms with Crippen molar-refractivity contribution >= 4 is 27.7 Å². The van der Waals surface area contributed by atoms with E-state index in [1.807, 2.05) is 0 Å². The summed E-state index contributed by atoms with van der Waals surface area (Å²) in [4.78, 5) is 14.2. The summed E-state index contributed by atoms with van der Waals surface area (Å²) in [5, 5.41) is 0. The molecular formula is C20H19BrF3NO2. The molecule has 27 heavy (non-hydrogen) atoms. The molecule has 3 nitrogen and oxygen atoms in total. The van der Waals surface area contributed by atoms with Gasteiger partial charge in [-0.15, -0.1) is 0 Å². The lowest BCUT2D eigenvalue weighted by Gasteiger charge is -2.39. The fourth-order valence-corrected chi connectivity index (χ4v) is 3.89. The molecule has 0 aromatic heterocycles. The minimum absolute atomic E-state index is 0.0697. The predicted molar refractivity (Wildman–Crippen MR) is 100 cm³/mol. The third-order valence-corrected chi connectivity index (χ3v) is 4.92. The maximum atomic E-state index is 14.4. The Kier molecular flexibility index (Phi) is 5.25. The zero-order valence-corrected chi connectivity index (χ0v) is 16.7. The Hall–Kier alpha value is -2.02. The summed E-state index contributed by atoms with van der Waals surface area (Å²) in [6, 6.07) is 6.37. The van der Waals surface area contributed by atoms with Crippen molar-refractivity contribution in [2.45, 2.75) is 45.3 Å². The standard InChI is InChI=1S/C20H19BrF3NO2/c1-20(2,3)27-19(26)25-16(11-6-4-5-7-14(11)22)9-8-12-17(24)15(23)10-13(21)18(12)25/h4-7,10,16H,8-9H2,1-3H3. The SMILES string of the molecule is CC(C)(C)OC(=O)N1c2c(Br)cc(F)c(F)c2CCC1c1ccccc1F. The third kappa shape index (κ3) is 3.83. The van der Waals surface area contributed by atoms with E-state index in [9.17, 15) is 18.0 Å². The number of rotatable bonds is 1. The topological polar surface area (TPSA) is 29.5 Å². The Labute approximate surface area is 164 Å². The Balaban J connectivity index is 2.18. The molecule has 0 saturated heterocycles. The number of carbonyl (C=O) groups is 1. The van der Waals surface area contributed by atoms with E-state index in [1.54, 1.807) is 39.0 Å². The van der Waals surface area contributed by atoms with Gasteiger partial charge in [0.15, 0.2) is 11.6 Å². The zero-order chi connectivity index (χ0) is 19.9. The fraction of sp³-hybridized carbons (Fsp3) is 0.350. The van der Waals surface area contributed by atoms with Crippen molar-refractivity contribution < 1.29 is 22.7 Å². The van der Waals surface area contributed by atoms with Gasteiger partial charge in [-0.05, 0) is 61.7 Å². The van der Waals surface area contributed by atoms with Gasteiger partial charge >= 0.3 is 6.09 Å². The minimum atomic E-state index is -1.01. The molecule has 0 radical (unpaired) electrons. The van der Waals surface area contributed by atoms with Crippen molar-refractivity contribution in [2.24, 2.45) is 0 Å². The number of nitrogens with zero attached hydrogens (tertiary/aromatic N) is 1. The predicted octanol–water partition coefficient (Wildman–Crippen LogP) is 6.30. The van der Waals surface area contributed by atoms with Gasteiger partial charge in [0.2, 0.25) is 0 Å². The summed E-state index contributed by atoms with van der Waals surface area (Å²) in [6.07, 6.45) is -0.348. The number of benzene rings is 2. The van der Waals surface area contributed by atoms with Gasteiger partial charge in [0.05, 0.1) is 11.7 Å². The molecule has 2 aromatic rings. The number of halogens is 4. The number of carbonyl (C=O) groups excluding carboxylic acids is 1. The van der Waals surface area contributed by atoms with Gasteiger partial charge in [-0.25, -0.2) is 18.0 Å². The highest BCUT2D eigenvalue weighted by atomic mass is 79.9. The highest BCUT2D eigenvalue weighted by molar-refractivity contribution is 9.10. The number of hydrogen-bond donors (Lipinski definition) is 0. The molecule has 0 saturated carbocycles. The molecule has 1 aliphatic rings. The van der Waals surface area contributed by atoms with Crippen LogP contribution in [0.3, 0.4) is 0 Å². The van der Waals surface area contributed by atoms with Crippen LogP contribution in [0.1, 0.15) is 44.4 Å². The number of hydrogen-bond acceptors (Lipinski definition) is 2. The molecule has 2 aromatic carbocycles. The summed E-state index contributed by atoms with van der Waals surface area (Å²) in [5.74, 6) is -2.49.